The molecule has 0 saturated carbocycles. The molecule has 4 N–H and O–H groups in total. The minimum atomic E-state index is -1.55. The van der Waals surface area contributed by atoms with Crippen LogP contribution in [0.2, 0.25) is 0 Å². The Bertz CT molecular complexity index is 1190. The van der Waals surface area contributed by atoms with Crippen LogP contribution in [0.5, 0.6) is 23.0 Å². The molecular weight excluding hydrogens is 580 g/mol. The number of aryl methyl sites for hydroxylation is 2. The van der Waals surface area contributed by atoms with Crippen LogP contribution in [0.1, 0.15) is 99.5 Å². The predicted molar refractivity (Wildman–Crippen MR) is 170 cm³/mol. The Morgan fingerprint density at radius 1 is 0.800 bits per heavy atom. The van der Waals surface area contributed by atoms with Gasteiger partial charge in [-0.15, -0.1) is 0 Å². The van der Waals surface area contributed by atoms with E-state index in [1.165, 1.54) is 32.4 Å². The number of ether oxygens (including phenoxy) is 5. The Kier molecular flexibility index (Phi) is 15.4. The maximum atomic E-state index is 14.0. The molecule has 3 rings (SSSR count). The highest BCUT2D eigenvalue weighted by molar-refractivity contribution is 5.96. The van der Waals surface area contributed by atoms with Crippen LogP contribution in [0, 0.1) is 0 Å². The first kappa shape index (κ1) is 36.6. The average molecular weight is 633 g/mol. The quantitative estimate of drug-likeness (QED) is 0.0881. The van der Waals surface area contributed by atoms with Crippen LogP contribution in [-0.2, 0) is 17.6 Å². The second-order valence-corrected chi connectivity index (χ2v) is 11.7. The predicted octanol–water partition coefficient (Wildman–Crippen LogP) is 5.13. The third-order valence-corrected chi connectivity index (χ3v) is 8.17. The van der Waals surface area contributed by atoms with Gasteiger partial charge in [-0.05, 0) is 55.0 Å². The minimum absolute atomic E-state index is 0.0392. The molecule has 1 aliphatic rings. The maximum Gasteiger partial charge on any atom is 0.347 e. The van der Waals surface area contributed by atoms with Crippen LogP contribution in [0.4, 0.5) is 0 Å². The van der Waals surface area contributed by atoms with Crippen LogP contribution in [0.15, 0.2) is 30.3 Å². The fourth-order valence-corrected chi connectivity index (χ4v) is 5.56. The number of benzene rings is 2. The summed E-state index contributed by atoms with van der Waals surface area (Å²) in [7, 11) is 3.07. The third-order valence-electron chi connectivity index (χ3n) is 8.17. The van der Waals surface area contributed by atoms with Crippen molar-refractivity contribution < 1.29 is 48.9 Å². The summed E-state index contributed by atoms with van der Waals surface area (Å²) < 4.78 is 28.6. The number of rotatable bonds is 20. The zero-order valence-corrected chi connectivity index (χ0v) is 27.2. The zero-order chi connectivity index (χ0) is 32.8. The van der Waals surface area contributed by atoms with E-state index in [0.29, 0.717) is 29.2 Å². The molecule has 0 bridgehead atoms. The van der Waals surface area contributed by atoms with E-state index in [1.807, 2.05) is 12.1 Å². The van der Waals surface area contributed by atoms with Gasteiger partial charge in [0.05, 0.1) is 20.8 Å². The van der Waals surface area contributed by atoms with Gasteiger partial charge in [-0.25, -0.2) is 4.79 Å². The van der Waals surface area contributed by atoms with Crippen molar-refractivity contribution in [3.05, 3.63) is 47.0 Å². The summed E-state index contributed by atoms with van der Waals surface area (Å²) in [4.78, 5) is 14.0. The van der Waals surface area contributed by atoms with E-state index in [9.17, 15) is 25.2 Å². The fourth-order valence-electron chi connectivity index (χ4n) is 5.56. The summed E-state index contributed by atoms with van der Waals surface area (Å²) >= 11 is 0. The van der Waals surface area contributed by atoms with E-state index in [-0.39, 0.29) is 11.3 Å². The van der Waals surface area contributed by atoms with Crippen molar-refractivity contribution in [2.24, 2.45) is 0 Å². The third kappa shape index (κ3) is 10.6. The number of esters is 1. The van der Waals surface area contributed by atoms with E-state index in [0.717, 1.165) is 56.9 Å². The molecule has 2 aromatic rings. The van der Waals surface area contributed by atoms with Crippen LogP contribution in [-0.4, -0.2) is 77.9 Å². The van der Waals surface area contributed by atoms with Crippen molar-refractivity contribution in [3.8, 4) is 23.0 Å². The number of carbonyl (C=O) groups excluding carboxylic acids is 1. The zero-order valence-electron chi connectivity index (χ0n) is 27.2. The highest BCUT2D eigenvalue weighted by atomic mass is 16.7. The molecule has 0 aromatic heterocycles. The van der Waals surface area contributed by atoms with E-state index in [4.69, 9.17) is 23.7 Å². The summed E-state index contributed by atoms with van der Waals surface area (Å²) in [5.41, 5.74) is 1.79. The Labute approximate surface area is 267 Å². The smallest absolute Gasteiger partial charge is 0.347 e. The first-order chi connectivity index (χ1) is 21.8. The molecule has 0 radical (unpaired) electrons. The summed E-state index contributed by atoms with van der Waals surface area (Å²) in [5.74, 6) is 0.709. The number of methoxy groups -OCH3 is 2. The molecule has 10 nitrogen and oxygen atoms in total. The van der Waals surface area contributed by atoms with Crippen molar-refractivity contribution in [2.75, 3.05) is 20.8 Å². The standard InChI is InChI=1S/C35H52O10/c1-5-7-9-11-13-15-23-17-25(41-3)20-27(18-23)43-34(40)30-24(16-14-12-10-8-6-2)19-26(42-4)21-29(30)44-35-32(39)31(38)33(45-35)28(37)22-36/h17-21,28,31-33,35-39H,5-16,22H2,1-4H3/t28-,31-,32-,33+,35-/m1/s1. The van der Waals surface area contributed by atoms with Gasteiger partial charge in [0.1, 0.15) is 53.0 Å². The number of unbranched alkanes of at least 4 members (excludes halogenated alkanes) is 8. The molecule has 1 fully saturated rings. The highest BCUT2D eigenvalue weighted by Gasteiger charge is 2.47. The molecule has 45 heavy (non-hydrogen) atoms. The van der Waals surface area contributed by atoms with E-state index in [2.05, 4.69) is 13.8 Å². The molecule has 5 atom stereocenters. The molecule has 1 heterocycles. The second kappa shape index (κ2) is 18.9. The summed E-state index contributed by atoms with van der Waals surface area (Å²) in [5, 5.41) is 40.6. The lowest BCUT2D eigenvalue weighted by atomic mass is 9.99. The SMILES string of the molecule is CCCCCCCc1cc(OC)cc(OC(=O)c2c(CCCCCCC)cc(OC)cc2O[C@@H]2O[C@@H]([C@H](O)CO)[C@H](O)[C@H]2O)c1. The first-order valence-corrected chi connectivity index (χ1v) is 16.3. The maximum absolute atomic E-state index is 14.0. The molecule has 0 spiro atoms. The normalized spacial score (nSPS) is 20.2. The molecule has 1 saturated heterocycles. The number of hydrogen-bond donors (Lipinski definition) is 4. The summed E-state index contributed by atoms with van der Waals surface area (Å²) in [6.45, 7) is 3.66. The molecular formula is C35H52O10. The number of carbonyl (C=O) groups is 1. The van der Waals surface area contributed by atoms with Crippen LogP contribution < -0.4 is 18.9 Å². The van der Waals surface area contributed by atoms with Crippen molar-refractivity contribution in [3.63, 3.8) is 0 Å². The summed E-state index contributed by atoms with van der Waals surface area (Å²) in [6.07, 6.45) is 4.94. The van der Waals surface area contributed by atoms with Gasteiger partial charge in [-0.1, -0.05) is 65.2 Å². The van der Waals surface area contributed by atoms with Gasteiger partial charge >= 0.3 is 5.97 Å². The lowest BCUT2D eigenvalue weighted by molar-refractivity contribution is -0.137. The van der Waals surface area contributed by atoms with Crippen molar-refractivity contribution >= 4 is 5.97 Å². The Morgan fingerprint density at radius 3 is 2.02 bits per heavy atom. The van der Waals surface area contributed by atoms with Gasteiger partial charge in [0.15, 0.2) is 0 Å². The monoisotopic (exact) mass is 632 g/mol. The van der Waals surface area contributed by atoms with Gasteiger partial charge in [-0.2, -0.15) is 0 Å². The molecule has 0 unspecified atom stereocenters. The van der Waals surface area contributed by atoms with E-state index < -0.39 is 43.3 Å². The Balaban J connectivity index is 1.93. The molecule has 252 valence electrons. The van der Waals surface area contributed by atoms with E-state index >= 15 is 0 Å². The van der Waals surface area contributed by atoms with Gasteiger partial charge in [0.25, 0.3) is 0 Å². The number of aliphatic hydroxyl groups excluding tert-OH is 4. The lowest BCUT2D eigenvalue weighted by Gasteiger charge is -2.22. The van der Waals surface area contributed by atoms with Crippen molar-refractivity contribution in [2.45, 2.75) is 122 Å². The van der Waals surface area contributed by atoms with Gasteiger partial charge < -0.3 is 44.1 Å². The summed E-state index contributed by atoms with van der Waals surface area (Å²) in [6, 6.07) is 8.73. The Morgan fingerprint density at radius 2 is 1.40 bits per heavy atom. The van der Waals surface area contributed by atoms with Gasteiger partial charge in [0, 0.05) is 12.1 Å². The molecule has 10 heteroatoms. The van der Waals surface area contributed by atoms with Crippen LogP contribution >= 0.6 is 0 Å². The lowest BCUT2D eigenvalue weighted by Crippen LogP contribution is -2.40. The topological polar surface area (TPSA) is 144 Å². The largest absolute Gasteiger partial charge is 0.497 e. The highest BCUT2D eigenvalue weighted by Crippen LogP contribution is 2.35. The second-order valence-electron chi connectivity index (χ2n) is 11.7. The van der Waals surface area contributed by atoms with Crippen molar-refractivity contribution in [1.82, 2.24) is 0 Å². The van der Waals surface area contributed by atoms with Crippen LogP contribution in [0.3, 0.4) is 0 Å². The Hall–Kier alpha value is -2.89. The van der Waals surface area contributed by atoms with Crippen LogP contribution in [0.25, 0.3) is 0 Å². The average Bonchev–Trinajstić information content (AvgIpc) is 3.32. The van der Waals surface area contributed by atoms with Gasteiger partial charge in [-0.3, -0.25) is 0 Å². The number of hydrogen-bond acceptors (Lipinski definition) is 10. The molecule has 0 amide bonds. The fraction of sp³-hybridized carbons (Fsp3) is 0.629. The first-order valence-electron chi connectivity index (χ1n) is 16.3. The minimum Gasteiger partial charge on any atom is -0.497 e. The molecule has 2 aromatic carbocycles. The van der Waals surface area contributed by atoms with Crippen molar-refractivity contribution in [1.29, 1.82) is 0 Å². The number of aliphatic hydroxyl groups is 4. The molecule has 1 aliphatic heterocycles. The molecule has 0 aliphatic carbocycles. The van der Waals surface area contributed by atoms with E-state index in [1.54, 1.807) is 19.2 Å². The van der Waals surface area contributed by atoms with Gasteiger partial charge in [0.2, 0.25) is 6.29 Å².